The van der Waals surface area contributed by atoms with Gasteiger partial charge in [-0.2, -0.15) is 0 Å². The Morgan fingerprint density at radius 2 is 2.14 bits per heavy atom. The molecule has 1 aromatic carbocycles. The van der Waals surface area contributed by atoms with Crippen LogP contribution in [0.5, 0.6) is 5.75 Å². The predicted molar refractivity (Wildman–Crippen MR) is 101 cm³/mol. The molecule has 0 aliphatic carbocycles. The summed E-state index contributed by atoms with van der Waals surface area (Å²) in [5, 5.41) is 9.35. The number of rotatable bonds is 6. The molecule has 2 unspecified atom stereocenters. The van der Waals surface area contributed by atoms with Crippen molar-refractivity contribution in [3.8, 4) is 5.75 Å². The number of benzene rings is 1. The van der Waals surface area contributed by atoms with Gasteiger partial charge in [0.25, 0.3) is 5.91 Å². The Hall–Kier alpha value is -2.87. The Kier molecular flexibility index (Phi) is 6.30. The number of ether oxygens (including phenoxy) is 1. The molecular weight excluding hydrogens is 362 g/mol. The van der Waals surface area contributed by atoms with Gasteiger partial charge in [0.2, 0.25) is 5.89 Å². The Bertz CT molecular complexity index is 818. The molecule has 1 aromatic heterocycles. The second kappa shape index (κ2) is 8.88. The molecule has 0 saturated carbocycles. The normalized spacial score (nSPS) is 17.9. The van der Waals surface area contributed by atoms with Crippen LogP contribution in [0.4, 0.5) is 0 Å². The van der Waals surface area contributed by atoms with Crippen molar-refractivity contribution in [3.05, 3.63) is 47.7 Å². The van der Waals surface area contributed by atoms with Gasteiger partial charge in [0.1, 0.15) is 12.0 Å². The fourth-order valence-corrected chi connectivity index (χ4v) is 3.31. The summed E-state index contributed by atoms with van der Waals surface area (Å²) < 4.78 is 10.5. The lowest BCUT2D eigenvalue weighted by Crippen LogP contribution is -2.43. The zero-order valence-corrected chi connectivity index (χ0v) is 15.8. The summed E-state index contributed by atoms with van der Waals surface area (Å²) in [6.45, 7) is 2.98. The highest BCUT2D eigenvalue weighted by atomic mass is 16.5. The van der Waals surface area contributed by atoms with Crippen molar-refractivity contribution < 1.29 is 23.8 Å². The van der Waals surface area contributed by atoms with E-state index in [4.69, 9.17) is 14.9 Å². The molecule has 28 heavy (non-hydrogen) atoms. The lowest BCUT2D eigenvalue weighted by atomic mass is 9.98. The number of esters is 1. The summed E-state index contributed by atoms with van der Waals surface area (Å²) >= 11 is 0. The standard InChI is InChI=1S/C20H25N3O5/c1-2-27-20(26)14-4-3-9-23(11-14)19(25)17-12-28-18(22-17)16(21)10-13-5-7-15(24)8-6-13/h5-8,12,14,16,24H,2-4,9-11,21H2,1H3. The molecule has 8 nitrogen and oxygen atoms in total. The number of nitrogens with two attached hydrogens (primary N) is 1. The minimum Gasteiger partial charge on any atom is -0.508 e. The van der Waals surface area contributed by atoms with Crippen LogP contribution in [0.2, 0.25) is 0 Å². The monoisotopic (exact) mass is 387 g/mol. The molecule has 8 heteroatoms. The van der Waals surface area contributed by atoms with E-state index in [0.29, 0.717) is 32.5 Å². The minimum absolute atomic E-state index is 0.181. The molecule has 2 aromatic rings. The number of piperidine rings is 1. The molecular formula is C20H25N3O5. The molecule has 1 amide bonds. The highest BCUT2D eigenvalue weighted by Gasteiger charge is 2.31. The van der Waals surface area contributed by atoms with Gasteiger partial charge in [0, 0.05) is 13.1 Å². The highest BCUT2D eigenvalue weighted by molar-refractivity contribution is 5.92. The minimum atomic E-state index is -0.514. The summed E-state index contributed by atoms with van der Waals surface area (Å²) in [5.41, 5.74) is 7.25. The van der Waals surface area contributed by atoms with Gasteiger partial charge in [-0.25, -0.2) is 4.98 Å². The van der Waals surface area contributed by atoms with Gasteiger partial charge in [-0.3, -0.25) is 9.59 Å². The molecule has 2 atom stereocenters. The maximum Gasteiger partial charge on any atom is 0.310 e. The predicted octanol–water partition coefficient (Wildman–Crippen LogP) is 2.04. The molecule has 1 aliphatic rings. The van der Waals surface area contributed by atoms with E-state index in [1.807, 2.05) is 0 Å². The molecule has 1 saturated heterocycles. The van der Waals surface area contributed by atoms with Crippen LogP contribution < -0.4 is 5.73 Å². The molecule has 150 valence electrons. The van der Waals surface area contributed by atoms with E-state index in [0.717, 1.165) is 12.0 Å². The Morgan fingerprint density at radius 3 is 2.86 bits per heavy atom. The maximum absolute atomic E-state index is 12.7. The van der Waals surface area contributed by atoms with Gasteiger partial charge in [0.15, 0.2) is 5.69 Å². The van der Waals surface area contributed by atoms with Gasteiger partial charge >= 0.3 is 5.97 Å². The van der Waals surface area contributed by atoms with Crippen molar-refractivity contribution >= 4 is 11.9 Å². The first-order valence-corrected chi connectivity index (χ1v) is 9.42. The number of carbonyl (C=O) groups is 2. The summed E-state index contributed by atoms with van der Waals surface area (Å²) in [5.74, 6) is -0.391. The average Bonchev–Trinajstić information content (AvgIpc) is 3.20. The molecule has 3 rings (SSSR count). The van der Waals surface area contributed by atoms with Gasteiger partial charge in [-0.15, -0.1) is 0 Å². The van der Waals surface area contributed by atoms with Gasteiger partial charge in [-0.05, 0) is 43.9 Å². The largest absolute Gasteiger partial charge is 0.508 e. The number of likely N-dealkylation sites (tertiary alicyclic amines) is 1. The van der Waals surface area contributed by atoms with Gasteiger partial charge in [0.05, 0.1) is 18.6 Å². The van der Waals surface area contributed by atoms with Crippen LogP contribution in [0, 0.1) is 5.92 Å². The van der Waals surface area contributed by atoms with Crippen LogP contribution in [0.1, 0.15) is 47.7 Å². The lowest BCUT2D eigenvalue weighted by molar-refractivity contribution is -0.149. The molecule has 2 heterocycles. The third-order valence-corrected chi connectivity index (χ3v) is 4.78. The van der Waals surface area contributed by atoms with Crippen molar-refractivity contribution in [1.29, 1.82) is 0 Å². The summed E-state index contributed by atoms with van der Waals surface area (Å²) in [6.07, 6.45) is 3.22. The van der Waals surface area contributed by atoms with E-state index in [1.165, 1.54) is 6.26 Å². The van der Waals surface area contributed by atoms with E-state index < -0.39 is 6.04 Å². The summed E-state index contributed by atoms with van der Waals surface area (Å²) in [6, 6.07) is 6.20. The van der Waals surface area contributed by atoms with E-state index >= 15 is 0 Å². The number of hydrogen-bond donors (Lipinski definition) is 2. The number of oxazole rings is 1. The van der Waals surface area contributed by atoms with Crippen LogP contribution in [-0.4, -0.2) is 46.6 Å². The topological polar surface area (TPSA) is 119 Å². The van der Waals surface area contributed by atoms with E-state index in [2.05, 4.69) is 4.98 Å². The van der Waals surface area contributed by atoms with Crippen LogP contribution >= 0.6 is 0 Å². The smallest absolute Gasteiger partial charge is 0.310 e. The fourth-order valence-electron chi connectivity index (χ4n) is 3.31. The molecule has 0 bridgehead atoms. The molecule has 0 spiro atoms. The average molecular weight is 387 g/mol. The van der Waals surface area contributed by atoms with Crippen LogP contribution in [0.25, 0.3) is 0 Å². The fraction of sp³-hybridized carbons (Fsp3) is 0.450. The van der Waals surface area contributed by atoms with Crippen molar-refractivity contribution in [1.82, 2.24) is 9.88 Å². The Labute approximate surface area is 163 Å². The number of hydrogen-bond acceptors (Lipinski definition) is 7. The zero-order chi connectivity index (χ0) is 20.1. The number of aromatic nitrogens is 1. The van der Waals surface area contributed by atoms with Crippen molar-refractivity contribution in [2.75, 3.05) is 19.7 Å². The van der Waals surface area contributed by atoms with Gasteiger partial charge < -0.3 is 24.9 Å². The number of aromatic hydroxyl groups is 1. The number of phenolic OH excluding ortho intramolecular Hbond substituents is 1. The first-order chi connectivity index (χ1) is 13.5. The Balaban J connectivity index is 1.63. The second-order valence-corrected chi connectivity index (χ2v) is 6.89. The number of nitrogens with zero attached hydrogens (tertiary/aromatic N) is 2. The van der Waals surface area contributed by atoms with E-state index in [-0.39, 0.29) is 35.1 Å². The molecule has 0 radical (unpaired) electrons. The molecule has 3 N–H and O–H groups in total. The second-order valence-electron chi connectivity index (χ2n) is 6.89. The highest BCUT2D eigenvalue weighted by Crippen LogP contribution is 2.22. The van der Waals surface area contributed by atoms with Gasteiger partial charge in [-0.1, -0.05) is 12.1 Å². The van der Waals surface area contributed by atoms with Crippen LogP contribution in [0.15, 0.2) is 34.9 Å². The zero-order valence-electron chi connectivity index (χ0n) is 15.8. The first-order valence-electron chi connectivity index (χ1n) is 9.42. The third-order valence-electron chi connectivity index (χ3n) is 4.78. The number of carbonyl (C=O) groups excluding carboxylic acids is 2. The van der Waals surface area contributed by atoms with Crippen molar-refractivity contribution in [2.45, 2.75) is 32.2 Å². The first kappa shape index (κ1) is 19.9. The van der Waals surface area contributed by atoms with Crippen molar-refractivity contribution in [3.63, 3.8) is 0 Å². The quantitative estimate of drug-likeness (QED) is 0.728. The van der Waals surface area contributed by atoms with E-state index in [9.17, 15) is 14.7 Å². The SMILES string of the molecule is CCOC(=O)C1CCCN(C(=O)c2coc(C(N)Cc3ccc(O)cc3)n2)C1. The molecule has 1 fully saturated rings. The third kappa shape index (κ3) is 4.69. The summed E-state index contributed by atoms with van der Waals surface area (Å²) in [4.78, 5) is 30.6. The van der Waals surface area contributed by atoms with Crippen LogP contribution in [-0.2, 0) is 16.0 Å². The number of amides is 1. The lowest BCUT2D eigenvalue weighted by Gasteiger charge is -2.30. The number of phenols is 1. The van der Waals surface area contributed by atoms with E-state index in [1.54, 1.807) is 36.1 Å². The Morgan fingerprint density at radius 1 is 1.39 bits per heavy atom. The summed E-state index contributed by atoms with van der Waals surface area (Å²) in [7, 11) is 0. The molecule has 1 aliphatic heterocycles. The van der Waals surface area contributed by atoms with Crippen molar-refractivity contribution in [2.24, 2.45) is 11.7 Å². The van der Waals surface area contributed by atoms with Crippen LogP contribution in [0.3, 0.4) is 0 Å². The maximum atomic E-state index is 12.7.